The van der Waals surface area contributed by atoms with Crippen LogP contribution in [-0.2, 0) is 11.3 Å². The highest BCUT2D eigenvalue weighted by Gasteiger charge is 2.24. The van der Waals surface area contributed by atoms with Gasteiger partial charge in [0.15, 0.2) is 0 Å². The Morgan fingerprint density at radius 2 is 1.95 bits per heavy atom. The van der Waals surface area contributed by atoms with E-state index >= 15 is 0 Å². The molecule has 4 nitrogen and oxygen atoms in total. The standard InChI is InChI=1S/C17H24N2O2/c1-2-11-21-16-9-3-13(4-10-16)12-19-15-7-5-14(6-8-15)17(18)20/h2-4,9-10,14-15,19H,1,5-8,11-12H2,(H2,18,20). The van der Waals surface area contributed by atoms with Gasteiger partial charge in [-0.15, -0.1) is 0 Å². The van der Waals surface area contributed by atoms with Crippen molar-refractivity contribution < 1.29 is 9.53 Å². The fraction of sp³-hybridized carbons (Fsp3) is 0.471. The summed E-state index contributed by atoms with van der Waals surface area (Å²) in [7, 11) is 0. The predicted molar refractivity (Wildman–Crippen MR) is 83.9 cm³/mol. The van der Waals surface area contributed by atoms with Crippen molar-refractivity contribution in [2.75, 3.05) is 6.61 Å². The number of carbonyl (C=O) groups is 1. The first-order valence-electron chi connectivity index (χ1n) is 7.54. The summed E-state index contributed by atoms with van der Waals surface area (Å²) in [4.78, 5) is 11.1. The van der Waals surface area contributed by atoms with E-state index in [1.807, 2.05) is 12.1 Å². The molecule has 0 unspecified atom stereocenters. The highest BCUT2D eigenvalue weighted by molar-refractivity contribution is 5.76. The second-order valence-electron chi connectivity index (χ2n) is 5.58. The molecular weight excluding hydrogens is 264 g/mol. The molecular formula is C17H24N2O2. The molecule has 1 aromatic carbocycles. The van der Waals surface area contributed by atoms with Gasteiger partial charge in [-0.3, -0.25) is 4.79 Å². The molecule has 1 amide bonds. The Labute approximate surface area is 126 Å². The third-order valence-corrected chi connectivity index (χ3v) is 4.02. The second kappa shape index (κ2) is 7.84. The van der Waals surface area contributed by atoms with Crippen LogP contribution in [0.3, 0.4) is 0 Å². The van der Waals surface area contributed by atoms with E-state index in [4.69, 9.17) is 10.5 Å². The molecule has 4 heteroatoms. The van der Waals surface area contributed by atoms with Crippen LogP contribution in [0.1, 0.15) is 31.2 Å². The first-order valence-corrected chi connectivity index (χ1v) is 7.54. The van der Waals surface area contributed by atoms with Crippen LogP contribution in [0.25, 0.3) is 0 Å². The molecule has 0 bridgehead atoms. The van der Waals surface area contributed by atoms with E-state index in [1.54, 1.807) is 6.08 Å². The van der Waals surface area contributed by atoms with Gasteiger partial charge < -0.3 is 15.8 Å². The average molecular weight is 288 g/mol. The van der Waals surface area contributed by atoms with Gasteiger partial charge >= 0.3 is 0 Å². The van der Waals surface area contributed by atoms with Crippen LogP contribution in [0.5, 0.6) is 5.75 Å². The Morgan fingerprint density at radius 3 is 2.52 bits per heavy atom. The maximum absolute atomic E-state index is 11.1. The van der Waals surface area contributed by atoms with Crippen molar-refractivity contribution in [2.24, 2.45) is 11.7 Å². The maximum atomic E-state index is 11.1. The van der Waals surface area contributed by atoms with Gasteiger partial charge in [0, 0.05) is 18.5 Å². The lowest BCUT2D eigenvalue weighted by Gasteiger charge is -2.27. The molecule has 0 radical (unpaired) electrons. The number of nitrogens with one attached hydrogen (secondary N) is 1. The summed E-state index contributed by atoms with van der Waals surface area (Å²) in [6, 6.07) is 8.58. The number of amides is 1. The summed E-state index contributed by atoms with van der Waals surface area (Å²) in [6.45, 7) is 5.00. The lowest BCUT2D eigenvalue weighted by atomic mass is 9.85. The molecule has 1 aliphatic rings. The number of nitrogens with two attached hydrogens (primary N) is 1. The van der Waals surface area contributed by atoms with Gasteiger partial charge in [0.05, 0.1) is 0 Å². The zero-order chi connectivity index (χ0) is 15.1. The van der Waals surface area contributed by atoms with E-state index in [0.29, 0.717) is 12.6 Å². The molecule has 1 saturated carbocycles. The summed E-state index contributed by atoms with van der Waals surface area (Å²) in [5.74, 6) is 0.786. The van der Waals surface area contributed by atoms with Crippen LogP contribution in [0.15, 0.2) is 36.9 Å². The Balaban J connectivity index is 1.73. The fourth-order valence-electron chi connectivity index (χ4n) is 2.70. The van der Waals surface area contributed by atoms with Crippen LogP contribution in [0, 0.1) is 5.92 Å². The predicted octanol–water partition coefficient (Wildman–Crippen LogP) is 2.39. The Hall–Kier alpha value is -1.81. The first-order chi connectivity index (χ1) is 10.2. The minimum Gasteiger partial charge on any atom is -0.490 e. The number of rotatable bonds is 7. The van der Waals surface area contributed by atoms with Crippen LogP contribution in [-0.4, -0.2) is 18.6 Å². The fourth-order valence-corrected chi connectivity index (χ4v) is 2.70. The van der Waals surface area contributed by atoms with E-state index in [-0.39, 0.29) is 11.8 Å². The topological polar surface area (TPSA) is 64.3 Å². The zero-order valence-electron chi connectivity index (χ0n) is 12.4. The monoisotopic (exact) mass is 288 g/mol. The Bertz CT molecular complexity index is 462. The van der Waals surface area contributed by atoms with Gasteiger partial charge in [-0.2, -0.15) is 0 Å². The molecule has 0 aliphatic heterocycles. The van der Waals surface area contributed by atoms with Gasteiger partial charge in [-0.05, 0) is 43.4 Å². The minimum atomic E-state index is -0.149. The molecule has 1 aromatic rings. The van der Waals surface area contributed by atoms with E-state index in [2.05, 4.69) is 24.0 Å². The van der Waals surface area contributed by atoms with Gasteiger partial charge in [-0.1, -0.05) is 24.8 Å². The van der Waals surface area contributed by atoms with Crippen molar-refractivity contribution in [1.82, 2.24) is 5.32 Å². The highest BCUT2D eigenvalue weighted by Crippen LogP contribution is 2.24. The van der Waals surface area contributed by atoms with E-state index < -0.39 is 0 Å². The third kappa shape index (κ3) is 4.90. The van der Waals surface area contributed by atoms with Crippen molar-refractivity contribution in [3.05, 3.63) is 42.5 Å². The minimum absolute atomic E-state index is 0.0735. The molecule has 0 heterocycles. The first kappa shape index (κ1) is 15.6. The van der Waals surface area contributed by atoms with Crippen LogP contribution in [0.4, 0.5) is 0 Å². The van der Waals surface area contributed by atoms with Crippen molar-refractivity contribution in [2.45, 2.75) is 38.3 Å². The summed E-state index contributed by atoms with van der Waals surface area (Å²) in [5.41, 5.74) is 6.58. The number of carbonyl (C=O) groups excluding carboxylic acids is 1. The maximum Gasteiger partial charge on any atom is 0.220 e. The van der Waals surface area contributed by atoms with Gasteiger partial charge in [0.1, 0.15) is 12.4 Å². The average Bonchev–Trinajstić information content (AvgIpc) is 2.52. The number of ether oxygens (including phenoxy) is 1. The second-order valence-corrected chi connectivity index (χ2v) is 5.58. The number of hydrogen-bond donors (Lipinski definition) is 2. The molecule has 21 heavy (non-hydrogen) atoms. The molecule has 2 rings (SSSR count). The van der Waals surface area contributed by atoms with E-state index in [0.717, 1.165) is 38.0 Å². The van der Waals surface area contributed by atoms with Gasteiger partial charge in [0.25, 0.3) is 0 Å². The molecule has 3 N–H and O–H groups in total. The molecule has 0 saturated heterocycles. The molecule has 0 aromatic heterocycles. The SMILES string of the molecule is C=CCOc1ccc(CNC2CCC(C(N)=O)CC2)cc1. The molecule has 114 valence electrons. The van der Waals surface area contributed by atoms with E-state index in [1.165, 1.54) is 5.56 Å². The highest BCUT2D eigenvalue weighted by atomic mass is 16.5. The van der Waals surface area contributed by atoms with Gasteiger partial charge in [0.2, 0.25) is 5.91 Å². The Morgan fingerprint density at radius 1 is 1.29 bits per heavy atom. The van der Waals surface area contributed by atoms with Crippen LogP contribution in [0.2, 0.25) is 0 Å². The summed E-state index contributed by atoms with van der Waals surface area (Å²) in [6.07, 6.45) is 5.59. The summed E-state index contributed by atoms with van der Waals surface area (Å²) < 4.78 is 5.46. The van der Waals surface area contributed by atoms with Crippen molar-refractivity contribution >= 4 is 5.91 Å². The van der Waals surface area contributed by atoms with Crippen LogP contribution >= 0.6 is 0 Å². The van der Waals surface area contributed by atoms with Crippen molar-refractivity contribution in [3.8, 4) is 5.75 Å². The van der Waals surface area contributed by atoms with Gasteiger partial charge in [-0.25, -0.2) is 0 Å². The molecule has 0 spiro atoms. The normalized spacial score (nSPS) is 21.7. The van der Waals surface area contributed by atoms with Crippen LogP contribution < -0.4 is 15.8 Å². The van der Waals surface area contributed by atoms with Crippen molar-refractivity contribution in [3.63, 3.8) is 0 Å². The summed E-state index contributed by atoms with van der Waals surface area (Å²) in [5, 5.41) is 3.55. The number of hydrogen-bond acceptors (Lipinski definition) is 3. The lowest BCUT2D eigenvalue weighted by Crippen LogP contribution is -2.36. The smallest absolute Gasteiger partial charge is 0.220 e. The quantitative estimate of drug-likeness (QED) is 0.757. The third-order valence-electron chi connectivity index (χ3n) is 4.02. The molecule has 0 atom stereocenters. The largest absolute Gasteiger partial charge is 0.490 e. The Kier molecular flexibility index (Phi) is 5.81. The molecule has 1 fully saturated rings. The lowest BCUT2D eigenvalue weighted by molar-refractivity contribution is -0.122. The number of primary amides is 1. The van der Waals surface area contributed by atoms with Crippen molar-refractivity contribution in [1.29, 1.82) is 0 Å². The summed E-state index contributed by atoms with van der Waals surface area (Å²) >= 11 is 0. The molecule has 1 aliphatic carbocycles. The number of benzene rings is 1. The van der Waals surface area contributed by atoms with E-state index in [9.17, 15) is 4.79 Å². The zero-order valence-corrected chi connectivity index (χ0v) is 12.4.